The molecule has 0 fully saturated rings. The zero-order valence-electron chi connectivity index (χ0n) is 9.44. The Bertz CT molecular complexity index is 512. The van der Waals surface area contributed by atoms with Crippen molar-refractivity contribution in [2.75, 3.05) is 24.8 Å². The van der Waals surface area contributed by atoms with Crippen LogP contribution in [0.2, 0.25) is 0 Å². The van der Waals surface area contributed by atoms with E-state index in [4.69, 9.17) is 5.73 Å². The maximum atomic E-state index is 5.83. The van der Waals surface area contributed by atoms with E-state index < -0.39 is 0 Å². The Morgan fingerprint density at radius 1 is 1.33 bits per heavy atom. The highest BCUT2D eigenvalue weighted by Crippen LogP contribution is 2.23. The molecule has 0 saturated carbocycles. The number of rotatable bonds is 1. The molecule has 5 nitrogen and oxygen atoms in total. The summed E-state index contributed by atoms with van der Waals surface area (Å²) < 4.78 is 1.97. The number of fused-ring (bicyclic) bond motifs is 1. The Kier molecular flexibility index (Phi) is 2.03. The van der Waals surface area contributed by atoms with E-state index in [1.807, 2.05) is 37.6 Å². The molecule has 0 unspecified atom stereocenters. The maximum absolute atomic E-state index is 5.83. The van der Waals surface area contributed by atoms with Gasteiger partial charge in [0.05, 0.1) is 5.52 Å². The van der Waals surface area contributed by atoms with Crippen LogP contribution in [0, 0.1) is 13.8 Å². The van der Waals surface area contributed by atoms with Crippen molar-refractivity contribution < 1.29 is 0 Å². The molecule has 2 rings (SSSR count). The summed E-state index contributed by atoms with van der Waals surface area (Å²) in [4.78, 5) is 8.53. The van der Waals surface area contributed by atoms with Crippen molar-refractivity contribution in [1.82, 2.24) is 14.6 Å². The van der Waals surface area contributed by atoms with E-state index in [2.05, 4.69) is 9.97 Å². The Morgan fingerprint density at radius 3 is 2.60 bits per heavy atom. The highest BCUT2D eigenvalue weighted by Gasteiger charge is 2.12. The van der Waals surface area contributed by atoms with Crippen LogP contribution < -0.4 is 10.7 Å². The number of aryl methyl sites for hydroxylation is 2. The molecular formula is C10H15N5. The summed E-state index contributed by atoms with van der Waals surface area (Å²) in [7, 11) is 3.93. The zero-order chi connectivity index (χ0) is 11.2. The minimum Gasteiger partial charge on any atom is -0.382 e. The van der Waals surface area contributed by atoms with Crippen molar-refractivity contribution >= 4 is 16.9 Å². The Hall–Kier alpha value is -1.78. The average molecular weight is 205 g/mol. The van der Waals surface area contributed by atoms with Crippen molar-refractivity contribution in [2.45, 2.75) is 13.8 Å². The van der Waals surface area contributed by atoms with Crippen molar-refractivity contribution in [3.63, 3.8) is 0 Å². The van der Waals surface area contributed by atoms with Crippen LogP contribution >= 0.6 is 0 Å². The van der Waals surface area contributed by atoms with E-state index in [1.165, 1.54) is 0 Å². The molecule has 2 aromatic heterocycles. The van der Waals surface area contributed by atoms with Crippen molar-refractivity contribution in [3.05, 3.63) is 17.6 Å². The van der Waals surface area contributed by atoms with E-state index in [1.54, 1.807) is 6.33 Å². The average Bonchev–Trinajstić information content (AvgIpc) is 2.58. The molecule has 0 spiro atoms. The SMILES string of the molecule is Cc1nc(N)c2ncn(N(C)C)c2c1C. The summed E-state index contributed by atoms with van der Waals surface area (Å²) in [5.74, 6) is 0.494. The lowest BCUT2D eigenvalue weighted by molar-refractivity contribution is 0.751. The Labute approximate surface area is 88.5 Å². The number of nitrogens with zero attached hydrogens (tertiary/aromatic N) is 4. The fourth-order valence-corrected chi connectivity index (χ4v) is 1.67. The molecule has 2 N–H and O–H groups in total. The minimum atomic E-state index is 0.494. The first-order valence-corrected chi connectivity index (χ1v) is 4.79. The van der Waals surface area contributed by atoms with Crippen molar-refractivity contribution in [1.29, 1.82) is 0 Å². The molecule has 0 bridgehead atoms. The minimum absolute atomic E-state index is 0.494. The molecule has 0 saturated heterocycles. The van der Waals surface area contributed by atoms with E-state index >= 15 is 0 Å². The van der Waals surface area contributed by atoms with Crippen LogP contribution in [0.15, 0.2) is 6.33 Å². The van der Waals surface area contributed by atoms with Gasteiger partial charge >= 0.3 is 0 Å². The number of nitrogens with two attached hydrogens (primary N) is 1. The topological polar surface area (TPSA) is 60.0 Å². The van der Waals surface area contributed by atoms with Gasteiger partial charge in [-0.05, 0) is 19.4 Å². The monoisotopic (exact) mass is 205 g/mol. The Balaban J connectivity index is 2.89. The second-order valence-electron chi connectivity index (χ2n) is 3.84. The summed E-state index contributed by atoms with van der Waals surface area (Å²) in [6, 6.07) is 0. The predicted octanol–water partition coefficient (Wildman–Crippen LogP) is 0.828. The molecule has 0 amide bonds. The van der Waals surface area contributed by atoms with Gasteiger partial charge in [0, 0.05) is 19.8 Å². The third-order valence-corrected chi connectivity index (χ3v) is 2.61. The molecule has 80 valence electrons. The first-order valence-electron chi connectivity index (χ1n) is 4.79. The van der Waals surface area contributed by atoms with E-state index in [-0.39, 0.29) is 0 Å². The van der Waals surface area contributed by atoms with Gasteiger partial charge in [0.1, 0.15) is 11.8 Å². The van der Waals surface area contributed by atoms with Gasteiger partial charge in [0.2, 0.25) is 0 Å². The lowest BCUT2D eigenvalue weighted by Crippen LogP contribution is -2.24. The number of hydrogen-bond acceptors (Lipinski definition) is 4. The fraction of sp³-hybridized carbons (Fsp3) is 0.400. The largest absolute Gasteiger partial charge is 0.382 e. The molecule has 5 heteroatoms. The van der Waals surface area contributed by atoms with Gasteiger partial charge in [-0.1, -0.05) is 0 Å². The van der Waals surface area contributed by atoms with Crippen LogP contribution in [0.5, 0.6) is 0 Å². The third kappa shape index (κ3) is 1.31. The van der Waals surface area contributed by atoms with Crippen LogP contribution in [-0.4, -0.2) is 28.7 Å². The lowest BCUT2D eigenvalue weighted by atomic mass is 10.2. The molecule has 0 radical (unpaired) electrons. The molecule has 2 heterocycles. The summed E-state index contributed by atoms with van der Waals surface area (Å²) in [6.45, 7) is 3.99. The summed E-state index contributed by atoms with van der Waals surface area (Å²) in [5, 5.41) is 1.96. The normalized spacial score (nSPS) is 10.9. The number of anilines is 1. The van der Waals surface area contributed by atoms with Gasteiger partial charge in [-0.15, -0.1) is 0 Å². The van der Waals surface area contributed by atoms with Crippen LogP contribution in [0.25, 0.3) is 11.0 Å². The van der Waals surface area contributed by atoms with E-state index in [0.29, 0.717) is 5.82 Å². The molecule has 0 aromatic carbocycles. The summed E-state index contributed by atoms with van der Waals surface area (Å²) in [6.07, 6.45) is 1.76. The molecule has 0 aliphatic carbocycles. The second kappa shape index (κ2) is 3.12. The van der Waals surface area contributed by atoms with Gasteiger partial charge in [-0.3, -0.25) is 0 Å². The molecule has 2 aromatic rings. The first-order chi connectivity index (χ1) is 7.02. The number of nitrogen functional groups attached to an aromatic ring is 1. The van der Waals surface area contributed by atoms with Gasteiger partial charge in [-0.2, -0.15) is 0 Å². The number of aromatic nitrogens is 3. The molecule has 15 heavy (non-hydrogen) atoms. The number of imidazole rings is 1. The highest BCUT2D eigenvalue weighted by molar-refractivity contribution is 5.88. The highest BCUT2D eigenvalue weighted by atomic mass is 15.5. The third-order valence-electron chi connectivity index (χ3n) is 2.61. The van der Waals surface area contributed by atoms with E-state index in [9.17, 15) is 0 Å². The molecular weight excluding hydrogens is 190 g/mol. The van der Waals surface area contributed by atoms with Gasteiger partial charge in [0.25, 0.3) is 0 Å². The van der Waals surface area contributed by atoms with Gasteiger partial charge in [-0.25, -0.2) is 14.6 Å². The summed E-state index contributed by atoms with van der Waals surface area (Å²) in [5.41, 5.74) is 9.70. The quantitative estimate of drug-likeness (QED) is 0.749. The van der Waals surface area contributed by atoms with Crippen molar-refractivity contribution in [3.8, 4) is 0 Å². The van der Waals surface area contributed by atoms with Crippen LogP contribution in [0.1, 0.15) is 11.3 Å². The lowest BCUT2D eigenvalue weighted by Gasteiger charge is -2.16. The number of hydrogen-bond donors (Lipinski definition) is 1. The standard InChI is InChI=1S/C10H15N5/c1-6-7(2)13-10(11)8-9(6)15(5-12-8)14(3)4/h5H,1-4H3,(H2,11,13). The smallest absolute Gasteiger partial charge is 0.151 e. The van der Waals surface area contributed by atoms with E-state index in [0.717, 1.165) is 22.3 Å². The molecule has 0 aliphatic heterocycles. The molecule has 0 aliphatic rings. The van der Waals surface area contributed by atoms with Crippen LogP contribution in [0.3, 0.4) is 0 Å². The van der Waals surface area contributed by atoms with Crippen LogP contribution in [0.4, 0.5) is 5.82 Å². The Morgan fingerprint density at radius 2 is 2.00 bits per heavy atom. The predicted molar refractivity (Wildman–Crippen MR) is 61.5 cm³/mol. The summed E-state index contributed by atoms with van der Waals surface area (Å²) >= 11 is 0. The van der Waals surface area contributed by atoms with Crippen LogP contribution in [-0.2, 0) is 0 Å². The van der Waals surface area contributed by atoms with Gasteiger partial charge < -0.3 is 10.7 Å². The maximum Gasteiger partial charge on any atom is 0.151 e. The van der Waals surface area contributed by atoms with Gasteiger partial charge in [0.15, 0.2) is 5.82 Å². The van der Waals surface area contributed by atoms with Crippen molar-refractivity contribution in [2.24, 2.45) is 0 Å². The first kappa shape index (κ1) is 9.76. The number of pyridine rings is 1. The fourth-order valence-electron chi connectivity index (χ4n) is 1.67. The second-order valence-corrected chi connectivity index (χ2v) is 3.84. The molecule has 0 atom stereocenters. The zero-order valence-corrected chi connectivity index (χ0v) is 9.44.